The van der Waals surface area contributed by atoms with Crippen molar-refractivity contribution in [3.63, 3.8) is 0 Å². The SMILES string of the molecule is Cc1ccccc1COC1CCCN(C(=O)c2ccc3c(c2)OCO3)C1. The fourth-order valence-corrected chi connectivity index (χ4v) is 3.45. The van der Waals surface area contributed by atoms with Gasteiger partial charge in [0.15, 0.2) is 11.5 Å². The van der Waals surface area contributed by atoms with E-state index in [-0.39, 0.29) is 18.8 Å². The Bertz CT molecular complexity index is 804. The zero-order valence-electron chi connectivity index (χ0n) is 14.9. The number of hydrogen-bond acceptors (Lipinski definition) is 4. The minimum Gasteiger partial charge on any atom is -0.454 e. The number of piperidine rings is 1. The Morgan fingerprint density at radius 1 is 1.19 bits per heavy atom. The summed E-state index contributed by atoms with van der Waals surface area (Å²) < 4.78 is 16.8. The molecule has 0 spiro atoms. The monoisotopic (exact) mass is 353 g/mol. The van der Waals surface area contributed by atoms with Crippen molar-refractivity contribution in [2.75, 3.05) is 19.9 Å². The second-order valence-electron chi connectivity index (χ2n) is 6.82. The third-order valence-corrected chi connectivity index (χ3v) is 5.02. The highest BCUT2D eigenvalue weighted by atomic mass is 16.7. The van der Waals surface area contributed by atoms with Gasteiger partial charge in [-0.1, -0.05) is 24.3 Å². The fourth-order valence-electron chi connectivity index (χ4n) is 3.45. The molecule has 0 aromatic heterocycles. The van der Waals surface area contributed by atoms with Gasteiger partial charge in [0.05, 0.1) is 12.7 Å². The first-order valence-corrected chi connectivity index (χ1v) is 9.06. The maximum atomic E-state index is 12.8. The zero-order chi connectivity index (χ0) is 17.9. The highest BCUT2D eigenvalue weighted by Gasteiger charge is 2.26. The van der Waals surface area contributed by atoms with E-state index >= 15 is 0 Å². The number of nitrogens with zero attached hydrogens (tertiary/aromatic N) is 1. The first kappa shape index (κ1) is 16.9. The molecule has 0 aliphatic carbocycles. The van der Waals surface area contributed by atoms with Crippen molar-refractivity contribution in [1.29, 1.82) is 0 Å². The molecule has 0 N–H and O–H groups in total. The first-order chi connectivity index (χ1) is 12.7. The maximum Gasteiger partial charge on any atom is 0.254 e. The van der Waals surface area contributed by atoms with E-state index in [1.165, 1.54) is 11.1 Å². The number of carbonyl (C=O) groups is 1. The number of carbonyl (C=O) groups excluding carboxylic acids is 1. The lowest BCUT2D eigenvalue weighted by molar-refractivity contribution is -0.00689. The van der Waals surface area contributed by atoms with Crippen LogP contribution < -0.4 is 9.47 Å². The summed E-state index contributed by atoms with van der Waals surface area (Å²) in [5, 5.41) is 0. The summed E-state index contributed by atoms with van der Waals surface area (Å²) in [6.07, 6.45) is 2.01. The van der Waals surface area contributed by atoms with Crippen LogP contribution in [0.25, 0.3) is 0 Å². The van der Waals surface area contributed by atoms with Crippen molar-refractivity contribution < 1.29 is 19.0 Å². The molecule has 4 rings (SSSR count). The van der Waals surface area contributed by atoms with Gasteiger partial charge >= 0.3 is 0 Å². The quantitative estimate of drug-likeness (QED) is 0.843. The minimum atomic E-state index is 0.0208. The van der Waals surface area contributed by atoms with Crippen LogP contribution in [-0.4, -0.2) is 36.8 Å². The fraction of sp³-hybridized carbons (Fsp3) is 0.381. The highest BCUT2D eigenvalue weighted by Crippen LogP contribution is 2.33. The summed E-state index contributed by atoms with van der Waals surface area (Å²) in [5.74, 6) is 1.35. The summed E-state index contributed by atoms with van der Waals surface area (Å²) in [5.41, 5.74) is 3.07. The number of benzene rings is 2. The number of rotatable bonds is 4. The standard InChI is InChI=1S/C21H23NO4/c1-15-5-2-3-6-17(15)13-24-18-7-4-10-22(12-18)21(23)16-8-9-19-20(11-16)26-14-25-19/h2-3,5-6,8-9,11,18H,4,7,10,12-14H2,1H3. The van der Waals surface area contributed by atoms with Gasteiger partial charge in [0.1, 0.15) is 0 Å². The summed E-state index contributed by atoms with van der Waals surface area (Å²) in [6, 6.07) is 13.6. The number of hydrogen-bond donors (Lipinski definition) is 0. The van der Waals surface area contributed by atoms with Gasteiger partial charge in [-0.15, -0.1) is 0 Å². The second-order valence-corrected chi connectivity index (χ2v) is 6.82. The molecule has 1 unspecified atom stereocenters. The van der Waals surface area contributed by atoms with Crippen LogP contribution in [0.15, 0.2) is 42.5 Å². The van der Waals surface area contributed by atoms with Gasteiger partial charge in [-0.2, -0.15) is 0 Å². The lowest BCUT2D eigenvalue weighted by Crippen LogP contribution is -2.43. The van der Waals surface area contributed by atoms with Crippen molar-refractivity contribution in [3.05, 3.63) is 59.2 Å². The molecule has 2 aliphatic heterocycles. The lowest BCUT2D eigenvalue weighted by atomic mass is 10.1. The smallest absolute Gasteiger partial charge is 0.254 e. The summed E-state index contributed by atoms with van der Waals surface area (Å²) in [6.45, 7) is 4.28. The molecule has 2 heterocycles. The number of fused-ring (bicyclic) bond motifs is 1. The first-order valence-electron chi connectivity index (χ1n) is 9.06. The van der Waals surface area contributed by atoms with Gasteiger partial charge in [-0.3, -0.25) is 4.79 Å². The van der Waals surface area contributed by atoms with Crippen molar-refractivity contribution in [2.45, 2.75) is 32.5 Å². The molecule has 0 bridgehead atoms. The number of ether oxygens (including phenoxy) is 3. The van der Waals surface area contributed by atoms with Crippen LogP contribution in [0.3, 0.4) is 0 Å². The van der Waals surface area contributed by atoms with Crippen LogP contribution >= 0.6 is 0 Å². The largest absolute Gasteiger partial charge is 0.454 e. The Morgan fingerprint density at radius 2 is 2.04 bits per heavy atom. The van der Waals surface area contributed by atoms with Crippen molar-refractivity contribution in [2.24, 2.45) is 0 Å². The normalized spacial score (nSPS) is 18.8. The van der Waals surface area contributed by atoms with E-state index < -0.39 is 0 Å². The van der Waals surface area contributed by atoms with Gasteiger partial charge in [0.2, 0.25) is 6.79 Å². The molecule has 26 heavy (non-hydrogen) atoms. The van der Waals surface area contributed by atoms with Gasteiger partial charge < -0.3 is 19.1 Å². The molecular weight excluding hydrogens is 330 g/mol. The number of aryl methyl sites for hydroxylation is 1. The zero-order valence-corrected chi connectivity index (χ0v) is 14.9. The van der Waals surface area contributed by atoms with E-state index in [1.807, 2.05) is 17.0 Å². The van der Waals surface area contributed by atoms with E-state index in [2.05, 4.69) is 19.1 Å². The number of amides is 1. The van der Waals surface area contributed by atoms with E-state index in [4.69, 9.17) is 14.2 Å². The summed E-state index contributed by atoms with van der Waals surface area (Å²) in [7, 11) is 0. The molecule has 1 amide bonds. The molecule has 136 valence electrons. The third kappa shape index (κ3) is 3.53. The van der Waals surface area contributed by atoms with Gasteiger partial charge in [0, 0.05) is 18.7 Å². The summed E-state index contributed by atoms with van der Waals surface area (Å²) in [4.78, 5) is 14.7. The van der Waals surface area contributed by atoms with Crippen LogP contribution in [0.1, 0.15) is 34.3 Å². The van der Waals surface area contributed by atoms with Crippen LogP contribution in [0, 0.1) is 6.92 Å². The van der Waals surface area contributed by atoms with Crippen molar-refractivity contribution >= 4 is 5.91 Å². The topological polar surface area (TPSA) is 48.0 Å². The van der Waals surface area contributed by atoms with Crippen LogP contribution in [0.4, 0.5) is 0 Å². The molecule has 0 saturated carbocycles. The Kier molecular flexibility index (Phi) is 4.80. The predicted octanol–water partition coefficient (Wildman–Crippen LogP) is 3.55. The molecule has 2 aromatic carbocycles. The van der Waals surface area contributed by atoms with Gasteiger partial charge in [-0.25, -0.2) is 0 Å². The third-order valence-electron chi connectivity index (χ3n) is 5.02. The van der Waals surface area contributed by atoms with E-state index in [9.17, 15) is 4.79 Å². The predicted molar refractivity (Wildman–Crippen MR) is 97.5 cm³/mol. The van der Waals surface area contributed by atoms with Crippen molar-refractivity contribution in [3.8, 4) is 11.5 Å². The molecule has 2 aliphatic rings. The molecule has 2 aromatic rings. The minimum absolute atomic E-state index is 0.0208. The van der Waals surface area contributed by atoms with Gasteiger partial charge in [-0.05, 0) is 49.1 Å². The molecule has 5 heteroatoms. The van der Waals surface area contributed by atoms with Crippen LogP contribution in [0.5, 0.6) is 11.5 Å². The van der Waals surface area contributed by atoms with E-state index in [0.717, 1.165) is 19.4 Å². The Hall–Kier alpha value is -2.53. The van der Waals surface area contributed by atoms with Crippen LogP contribution in [0.2, 0.25) is 0 Å². The molecular formula is C21H23NO4. The Balaban J connectivity index is 1.38. The molecule has 0 radical (unpaired) electrons. The summed E-state index contributed by atoms with van der Waals surface area (Å²) >= 11 is 0. The average Bonchev–Trinajstić information content (AvgIpc) is 3.15. The Labute approximate surface area is 153 Å². The molecule has 5 nitrogen and oxygen atoms in total. The van der Waals surface area contributed by atoms with E-state index in [0.29, 0.717) is 30.2 Å². The maximum absolute atomic E-state index is 12.8. The number of likely N-dealkylation sites (tertiary alicyclic amines) is 1. The van der Waals surface area contributed by atoms with E-state index in [1.54, 1.807) is 18.2 Å². The Morgan fingerprint density at radius 3 is 2.92 bits per heavy atom. The van der Waals surface area contributed by atoms with Crippen LogP contribution in [-0.2, 0) is 11.3 Å². The van der Waals surface area contributed by atoms with Gasteiger partial charge in [0.25, 0.3) is 5.91 Å². The second kappa shape index (κ2) is 7.38. The van der Waals surface area contributed by atoms with Crippen molar-refractivity contribution in [1.82, 2.24) is 4.90 Å². The average molecular weight is 353 g/mol. The molecule has 1 atom stereocenters. The molecule has 1 fully saturated rings. The lowest BCUT2D eigenvalue weighted by Gasteiger charge is -2.33. The highest BCUT2D eigenvalue weighted by molar-refractivity contribution is 5.95. The molecule has 1 saturated heterocycles.